The fraction of sp³-hybridized carbons (Fsp3) is 0.273. The highest BCUT2D eigenvalue weighted by atomic mass is 35.5. The number of carbonyl (C=O) groups excluding carboxylic acids is 2. The molecule has 1 atom stereocenters. The van der Waals surface area contributed by atoms with Crippen LogP contribution in [0.1, 0.15) is 53.7 Å². The first-order valence-corrected chi connectivity index (χ1v) is 10.2. The Labute approximate surface area is 183 Å². The zero-order chi connectivity index (χ0) is 22.2. The SMILES string of the molecule is CCCCC(C(N)=O)c1c(C)n(C(=O)c2ccc(Cl)c(Cl)c2)c2cc(F)c(O)cc12. The lowest BCUT2D eigenvalue weighted by Crippen LogP contribution is -2.22. The third kappa shape index (κ3) is 3.89. The number of nitrogens with two attached hydrogens (primary N) is 1. The molecule has 2 aromatic carbocycles. The molecule has 0 saturated heterocycles. The van der Waals surface area contributed by atoms with Crippen LogP contribution >= 0.6 is 23.2 Å². The first kappa shape index (κ1) is 22.1. The predicted octanol–water partition coefficient (Wildman–Crippen LogP) is 5.55. The van der Waals surface area contributed by atoms with E-state index < -0.39 is 29.3 Å². The smallest absolute Gasteiger partial charge is 0.262 e. The number of carbonyl (C=O) groups is 2. The fourth-order valence-corrected chi connectivity index (χ4v) is 4.04. The molecule has 0 fully saturated rings. The summed E-state index contributed by atoms with van der Waals surface area (Å²) >= 11 is 12.0. The van der Waals surface area contributed by atoms with Gasteiger partial charge in [0, 0.05) is 22.7 Å². The van der Waals surface area contributed by atoms with Gasteiger partial charge in [-0.1, -0.05) is 43.0 Å². The van der Waals surface area contributed by atoms with Crippen LogP contribution < -0.4 is 5.73 Å². The summed E-state index contributed by atoms with van der Waals surface area (Å²) in [4.78, 5) is 25.6. The lowest BCUT2D eigenvalue weighted by Gasteiger charge is -2.14. The van der Waals surface area contributed by atoms with Crippen molar-refractivity contribution in [3.8, 4) is 5.75 Å². The maximum absolute atomic E-state index is 14.2. The number of hydrogen-bond acceptors (Lipinski definition) is 3. The van der Waals surface area contributed by atoms with Gasteiger partial charge in [-0.3, -0.25) is 14.2 Å². The number of phenolic OH excluding ortho intramolecular Hbond substituents is 1. The molecule has 8 heteroatoms. The number of phenols is 1. The summed E-state index contributed by atoms with van der Waals surface area (Å²) in [6.45, 7) is 3.66. The molecule has 0 aliphatic rings. The minimum Gasteiger partial charge on any atom is -0.505 e. The number of rotatable bonds is 6. The Bertz CT molecular complexity index is 1160. The highest BCUT2D eigenvalue weighted by molar-refractivity contribution is 6.42. The number of fused-ring (bicyclic) bond motifs is 1. The van der Waals surface area contributed by atoms with Gasteiger partial charge in [-0.25, -0.2) is 4.39 Å². The number of primary amides is 1. The summed E-state index contributed by atoms with van der Waals surface area (Å²) in [5.74, 6) is -3.14. The van der Waals surface area contributed by atoms with Crippen molar-refractivity contribution in [2.75, 3.05) is 0 Å². The molecule has 0 aliphatic heterocycles. The Hall–Kier alpha value is -2.57. The lowest BCUT2D eigenvalue weighted by molar-refractivity contribution is -0.119. The molecule has 3 aromatic rings. The Morgan fingerprint density at radius 3 is 2.50 bits per heavy atom. The van der Waals surface area contributed by atoms with Gasteiger partial charge in [-0.15, -0.1) is 0 Å². The van der Waals surface area contributed by atoms with Crippen LogP contribution in [0.25, 0.3) is 10.9 Å². The number of hydrogen-bond donors (Lipinski definition) is 2. The second kappa shape index (κ2) is 8.66. The van der Waals surface area contributed by atoms with Crippen molar-refractivity contribution in [3.05, 3.63) is 63.0 Å². The molecular formula is C22H21Cl2FN2O3. The number of benzene rings is 2. The first-order valence-electron chi connectivity index (χ1n) is 9.49. The second-order valence-electron chi connectivity index (χ2n) is 7.19. The summed E-state index contributed by atoms with van der Waals surface area (Å²) in [7, 11) is 0. The molecule has 158 valence electrons. The van der Waals surface area contributed by atoms with Gasteiger partial charge in [0.1, 0.15) is 0 Å². The molecule has 1 unspecified atom stereocenters. The standard InChI is InChI=1S/C22H21Cl2FN2O3/c1-3-4-5-13(21(26)29)20-11(2)27(18-10-17(25)19(28)9-14(18)20)22(30)12-6-7-15(23)16(24)8-12/h6-10,13,28H,3-5H2,1-2H3,(H2,26,29). The van der Waals surface area contributed by atoms with Crippen LogP contribution in [-0.4, -0.2) is 21.5 Å². The van der Waals surface area contributed by atoms with Gasteiger partial charge in [0.05, 0.1) is 21.5 Å². The molecule has 1 aromatic heterocycles. The van der Waals surface area contributed by atoms with Crippen molar-refractivity contribution in [2.24, 2.45) is 5.73 Å². The monoisotopic (exact) mass is 450 g/mol. The lowest BCUT2D eigenvalue weighted by atomic mass is 9.90. The van der Waals surface area contributed by atoms with E-state index in [2.05, 4.69) is 0 Å². The summed E-state index contributed by atoms with van der Waals surface area (Å²) in [6, 6.07) is 6.75. The Balaban J connectivity index is 2.30. The van der Waals surface area contributed by atoms with Crippen molar-refractivity contribution in [2.45, 2.75) is 39.0 Å². The van der Waals surface area contributed by atoms with Crippen molar-refractivity contribution >= 4 is 45.9 Å². The van der Waals surface area contributed by atoms with Crippen LogP contribution in [0.3, 0.4) is 0 Å². The van der Waals surface area contributed by atoms with E-state index in [9.17, 15) is 19.1 Å². The van der Waals surface area contributed by atoms with Gasteiger partial charge in [0.25, 0.3) is 5.91 Å². The van der Waals surface area contributed by atoms with Crippen LogP contribution in [0.4, 0.5) is 4.39 Å². The Morgan fingerprint density at radius 1 is 1.20 bits per heavy atom. The summed E-state index contributed by atoms with van der Waals surface area (Å²) in [5.41, 5.74) is 7.10. The largest absolute Gasteiger partial charge is 0.505 e. The van der Waals surface area contributed by atoms with E-state index in [4.69, 9.17) is 28.9 Å². The van der Waals surface area contributed by atoms with E-state index in [0.717, 1.165) is 18.9 Å². The van der Waals surface area contributed by atoms with Crippen molar-refractivity contribution < 1.29 is 19.1 Å². The zero-order valence-electron chi connectivity index (χ0n) is 16.5. The maximum Gasteiger partial charge on any atom is 0.262 e. The summed E-state index contributed by atoms with van der Waals surface area (Å²) in [6.07, 6.45) is 2.07. The summed E-state index contributed by atoms with van der Waals surface area (Å²) in [5, 5.41) is 10.9. The number of aromatic hydroxyl groups is 1. The molecule has 1 amide bonds. The molecular weight excluding hydrogens is 430 g/mol. The molecule has 0 aliphatic carbocycles. The van der Waals surface area contributed by atoms with E-state index in [0.29, 0.717) is 28.1 Å². The Morgan fingerprint density at radius 2 is 1.90 bits per heavy atom. The molecule has 5 nitrogen and oxygen atoms in total. The molecule has 1 heterocycles. The van der Waals surface area contributed by atoms with E-state index in [1.54, 1.807) is 6.92 Å². The fourth-order valence-electron chi connectivity index (χ4n) is 3.75. The second-order valence-corrected chi connectivity index (χ2v) is 8.00. The third-order valence-electron chi connectivity index (χ3n) is 5.23. The number of nitrogens with zero attached hydrogens (tertiary/aromatic N) is 1. The highest BCUT2D eigenvalue weighted by Crippen LogP contribution is 2.38. The van der Waals surface area contributed by atoms with E-state index >= 15 is 0 Å². The summed E-state index contributed by atoms with van der Waals surface area (Å²) < 4.78 is 15.5. The maximum atomic E-state index is 14.2. The number of amides is 1. The van der Waals surface area contributed by atoms with Crippen molar-refractivity contribution in [1.82, 2.24) is 4.57 Å². The minimum atomic E-state index is -0.876. The molecule has 3 N–H and O–H groups in total. The highest BCUT2D eigenvalue weighted by Gasteiger charge is 2.29. The number of unbranched alkanes of at least 4 members (excludes halogenated alkanes) is 1. The first-order chi connectivity index (χ1) is 14.2. The molecule has 0 spiro atoms. The van der Waals surface area contributed by atoms with Crippen molar-refractivity contribution in [3.63, 3.8) is 0 Å². The molecule has 0 radical (unpaired) electrons. The van der Waals surface area contributed by atoms with E-state index in [1.165, 1.54) is 28.8 Å². The van der Waals surface area contributed by atoms with Gasteiger partial charge >= 0.3 is 0 Å². The van der Waals surface area contributed by atoms with Crippen LogP contribution in [0.2, 0.25) is 10.0 Å². The van der Waals surface area contributed by atoms with Gasteiger partial charge in [0.2, 0.25) is 5.91 Å². The van der Waals surface area contributed by atoms with Crippen LogP contribution in [0.5, 0.6) is 5.75 Å². The van der Waals surface area contributed by atoms with Crippen molar-refractivity contribution in [1.29, 1.82) is 0 Å². The van der Waals surface area contributed by atoms with E-state index in [-0.39, 0.29) is 16.1 Å². The average Bonchev–Trinajstić information content (AvgIpc) is 2.95. The molecule has 3 rings (SSSR count). The van der Waals surface area contributed by atoms with Gasteiger partial charge in [-0.2, -0.15) is 0 Å². The van der Waals surface area contributed by atoms with E-state index in [1.807, 2.05) is 6.92 Å². The predicted molar refractivity (Wildman–Crippen MR) is 116 cm³/mol. The Kier molecular flexibility index (Phi) is 6.38. The number of halogens is 3. The van der Waals surface area contributed by atoms with Gasteiger partial charge < -0.3 is 10.8 Å². The third-order valence-corrected chi connectivity index (χ3v) is 5.97. The normalized spacial score (nSPS) is 12.3. The molecule has 0 bridgehead atoms. The molecule has 30 heavy (non-hydrogen) atoms. The van der Waals surface area contributed by atoms with Crippen LogP contribution in [-0.2, 0) is 4.79 Å². The quantitative estimate of drug-likeness (QED) is 0.516. The van der Waals surface area contributed by atoms with Gasteiger partial charge in [-0.05, 0) is 43.2 Å². The van der Waals surface area contributed by atoms with Crippen LogP contribution in [0.15, 0.2) is 30.3 Å². The topological polar surface area (TPSA) is 85.3 Å². The van der Waals surface area contributed by atoms with Gasteiger partial charge in [0.15, 0.2) is 11.6 Å². The minimum absolute atomic E-state index is 0.207. The zero-order valence-corrected chi connectivity index (χ0v) is 18.0. The van der Waals surface area contributed by atoms with Crippen LogP contribution in [0, 0.1) is 12.7 Å². The number of aromatic nitrogens is 1. The average molecular weight is 451 g/mol. The molecule has 0 saturated carbocycles.